The first-order valence-electron chi connectivity index (χ1n) is 25.6. The second-order valence-electron chi connectivity index (χ2n) is 17.2. The molecule has 0 aliphatic carbocycles. The molecular weight excluding hydrogens is 701 g/mol. The summed E-state index contributed by atoms with van der Waals surface area (Å²) in [7, 11) is 0. The highest BCUT2D eigenvalue weighted by molar-refractivity contribution is 5.69. The summed E-state index contributed by atoms with van der Waals surface area (Å²) in [5.74, 6) is -0.203. The monoisotopic (exact) mass is 801 g/mol. The normalized spacial score (nSPS) is 12.5. The number of rotatable bonds is 48. The van der Waals surface area contributed by atoms with Crippen LogP contribution in [0.2, 0.25) is 0 Å². The van der Waals surface area contributed by atoms with E-state index in [2.05, 4.69) is 50.3 Å². The molecule has 0 radical (unpaired) electrons. The topological polar surface area (TPSA) is 55.8 Å². The lowest BCUT2D eigenvalue weighted by molar-refractivity contribution is -0.154. The smallest absolute Gasteiger partial charge is 0.306 e. The highest BCUT2D eigenvalue weighted by Gasteiger charge is 2.13. The molecule has 0 rings (SSSR count). The van der Waals surface area contributed by atoms with Gasteiger partial charge in [0.05, 0.1) is 13.2 Å². The molecule has 0 aromatic carbocycles. The van der Waals surface area contributed by atoms with Crippen LogP contribution in [0.15, 0.2) is 36.5 Å². The molecule has 0 fully saturated rings. The minimum Gasteiger partial charge on any atom is -0.457 e. The Bertz CT molecular complexity index is 848. The van der Waals surface area contributed by atoms with Gasteiger partial charge in [0.25, 0.3) is 0 Å². The summed E-state index contributed by atoms with van der Waals surface area (Å²) in [5, 5.41) is 9.65. The molecule has 4 nitrogen and oxygen atoms in total. The lowest BCUT2D eigenvalue weighted by atomic mass is 10.0. The van der Waals surface area contributed by atoms with Crippen LogP contribution in [0.1, 0.15) is 271 Å². The van der Waals surface area contributed by atoms with Crippen molar-refractivity contribution in [1.29, 1.82) is 0 Å². The van der Waals surface area contributed by atoms with Gasteiger partial charge in [-0.25, -0.2) is 0 Å². The SMILES string of the molecule is CCCCCCC/C=C\C/C=C\C/C=C\CCCCCCCCCCC(=O)OC(CO)COCCCCCCCCCCCCCCCCCCCCCCCC. The number of hydrogen-bond donors (Lipinski definition) is 1. The van der Waals surface area contributed by atoms with E-state index in [1.807, 2.05) is 0 Å². The second kappa shape index (κ2) is 50.8. The Kier molecular flexibility index (Phi) is 49.5. The third-order valence-electron chi connectivity index (χ3n) is 11.5. The van der Waals surface area contributed by atoms with Crippen molar-refractivity contribution in [3.63, 3.8) is 0 Å². The van der Waals surface area contributed by atoms with Crippen LogP contribution in [-0.2, 0) is 14.3 Å². The number of allylic oxidation sites excluding steroid dienone is 6. The number of ether oxygens (including phenoxy) is 2. The van der Waals surface area contributed by atoms with Crippen molar-refractivity contribution in [2.24, 2.45) is 0 Å². The molecule has 0 aromatic heterocycles. The molecule has 0 aromatic rings. The number of hydrogen-bond acceptors (Lipinski definition) is 4. The molecule has 0 aliphatic heterocycles. The fourth-order valence-corrected chi connectivity index (χ4v) is 7.63. The Labute approximate surface area is 357 Å². The lowest BCUT2D eigenvalue weighted by Gasteiger charge is -2.16. The van der Waals surface area contributed by atoms with Crippen LogP contribution in [0.25, 0.3) is 0 Å². The predicted octanol–water partition coefficient (Wildman–Crippen LogP) is 17.2. The Balaban J connectivity index is 3.40. The Morgan fingerprint density at radius 1 is 0.421 bits per heavy atom. The number of aliphatic hydroxyl groups is 1. The van der Waals surface area contributed by atoms with Gasteiger partial charge in [0.2, 0.25) is 0 Å². The Hall–Kier alpha value is -1.39. The highest BCUT2D eigenvalue weighted by Crippen LogP contribution is 2.16. The molecule has 0 spiro atoms. The largest absolute Gasteiger partial charge is 0.457 e. The molecule has 4 heteroatoms. The summed E-state index contributed by atoms with van der Waals surface area (Å²) in [5.41, 5.74) is 0. The summed E-state index contributed by atoms with van der Waals surface area (Å²) in [6, 6.07) is 0. The molecule has 0 saturated carbocycles. The Morgan fingerprint density at radius 2 is 0.737 bits per heavy atom. The first-order chi connectivity index (χ1) is 28.2. The molecule has 0 saturated heterocycles. The number of carbonyl (C=O) groups excluding carboxylic acids is 1. The summed E-state index contributed by atoms with van der Waals surface area (Å²) >= 11 is 0. The van der Waals surface area contributed by atoms with Crippen molar-refractivity contribution in [2.75, 3.05) is 19.8 Å². The molecule has 1 unspecified atom stereocenters. The van der Waals surface area contributed by atoms with Gasteiger partial charge in [-0.15, -0.1) is 0 Å². The second-order valence-corrected chi connectivity index (χ2v) is 17.2. The standard InChI is InChI=1S/C53H100O4/c1-3-5-7-9-11-13-15-17-19-21-23-25-27-28-30-32-34-36-38-40-42-44-46-48-53(55)57-52(50-54)51-56-49-47-45-43-41-39-37-35-33-31-29-26-24-22-20-18-16-14-12-10-8-6-4-2/h15,17,21,23,27-28,52,54H,3-14,16,18-20,22,24-26,29-51H2,1-2H3/b17-15-,23-21-,28-27-. The maximum absolute atomic E-state index is 12.3. The molecule has 1 atom stereocenters. The molecule has 1 N–H and O–H groups in total. The van der Waals surface area contributed by atoms with Gasteiger partial charge in [-0.3, -0.25) is 4.79 Å². The average Bonchev–Trinajstić information content (AvgIpc) is 3.22. The molecular formula is C53H100O4. The summed E-state index contributed by atoms with van der Waals surface area (Å²) in [6.45, 7) is 5.37. The zero-order valence-corrected chi connectivity index (χ0v) is 38.6. The van der Waals surface area contributed by atoms with Gasteiger partial charge in [-0.05, 0) is 51.4 Å². The van der Waals surface area contributed by atoms with E-state index in [0.717, 1.165) is 32.1 Å². The highest BCUT2D eigenvalue weighted by atomic mass is 16.6. The van der Waals surface area contributed by atoms with Gasteiger partial charge < -0.3 is 14.6 Å². The van der Waals surface area contributed by atoms with Gasteiger partial charge in [-0.1, -0.05) is 249 Å². The molecule has 0 heterocycles. The van der Waals surface area contributed by atoms with Crippen LogP contribution >= 0.6 is 0 Å². The van der Waals surface area contributed by atoms with E-state index in [1.54, 1.807) is 0 Å². The van der Waals surface area contributed by atoms with Crippen molar-refractivity contribution in [3.05, 3.63) is 36.5 Å². The molecule has 336 valence electrons. The van der Waals surface area contributed by atoms with Gasteiger partial charge in [0, 0.05) is 13.0 Å². The molecule has 0 amide bonds. The van der Waals surface area contributed by atoms with Crippen molar-refractivity contribution in [1.82, 2.24) is 0 Å². The van der Waals surface area contributed by atoms with Crippen molar-refractivity contribution < 1.29 is 19.4 Å². The van der Waals surface area contributed by atoms with Crippen LogP contribution in [0.5, 0.6) is 0 Å². The third-order valence-corrected chi connectivity index (χ3v) is 11.5. The van der Waals surface area contributed by atoms with Crippen molar-refractivity contribution in [2.45, 2.75) is 277 Å². The van der Waals surface area contributed by atoms with Gasteiger partial charge in [-0.2, -0.15) is 0 Å². The fourth-order valence-electron chi connectivity index (χ4n) is 7.63. The van der Waals surface area contributed by atoms with Crippen LogP contribution in [0.3, 0.4) is 0 Å². The van der Waals surface area contributed by atoms with E-state index in [9.17, 15) is 9.90 Å². The molecule has 0 aliphatic rings. The van der Waals surface area contributed by atoms with Crippen LogP contribution in [-0.4, -0.2) is 37.0 Å². The predicted molar refractivity (Wildman–Crippen MR) is 251 cm³/mol. The number of unbranched alkanes of at least 4 members (excludes halogenated alkanes) is 34. The number of esters is 1. The molecule has 0 bridgehead atoms. The van der Waals surface area contributed by atoms with Gasteiger partial charge in [0.15, 0.2) is 0 Å². The number of aliphatic hydroxyl groups excluding tert-OH is 1. The van der Waals surface area contributed by atoms with E-state index in [4.69, 9.17) is 9.47 Å². The zero-order chi connectivity index (χ0) is 41.2. The van der Waals surface area contributed by atoms with E-state index < -0.39 is 6.10 Å². The van der Waals surface area contributed by atoms with E-state index in [1.165, 1.54) is 218 Å². The van der Waals surface area contributed by atoms with E-state index in [0.29, 0.717) is 19.6 Å². The van der Waals surface area contributed by atoms with Crippen LogP contribution in [0, 0.1) is 0 Å². The minimum atomic E-state index is -0.537. The first-order valence-corrected chi connectivity index (χ1v) is 25.6. The van der Waals surface area contributed by atoms with Gasteiger partial charge in [0.1, 0.15) is 6.10 Å². The average molecular weight is 801 g/mol. The van der Waals surface area contributed by atoms with Crippen LogP contribution in [0.4, 0.5) is 0 Å². The maximum atomic E-state index is 12.3. The summed E-state index contributed by atoms with van der Waals surface area (Å²) in [6.07, 6.45) is 65.2. The van der Waals surface area contributed by atoms with E-state index in [-0.39, 0.29) is 12.6 Å². The first kappa shape index (κ1) is 55.6. The maximum Gasteiger partial charge on any atom is 0.306 e. The Morgan fingerprint density at radius 3 is 1.11 bits per heavy atom. The molecule has 57 heavy (non-hydrogen) atoms. The van der Waals surface area contributed by atoms with Crippen molar-refractivity contribution >= 4 is 5.97 Å². The minimum absolute atomic E-state index is 0.171. The third kappa shape index (κ3) is 48.9. The number of carbonyl (C=O) groups is 1. The quantitative estimate of drug-likeness (QED) is 0.0378. The van der Waals surface area contributed by atoms with Crippen molar-refractivity contribution in [3.8, 4) is 0 Å². The van der Waals surface area contributed by atoms with E-state index >= 15 is 0 Å². The fraction of sp³-hybridized carbons (Fsp3) is 0.868. The van der Waals surface area contributed by atoms with Crippen LogP contribution < -0.4 is 0 Å². The zero-order valence-electron chi connectivity index (χ0n) is 38.6. The summed E-state index contributed by atoms with van der Waals surface area (Å²) in [4.78, 5) is 12.3. The lowest BCUT2D eigenvalue weighted by Crippen LogP contribution is -2.27. The van der Waals surface area contributed by atoms with Gasteiger partial charge >= 0.3 is 5.97 Å². The summed E-state index contributed by atoms with van der Waals surface area (Å²) < 4.78 is 11.2.